The molecule has 33 heavy (non-hydrogen) atoms. The van der Waals surface area contributed by atoms with Gasteiger partial charge < -0.3 is 20.1 Å². The van der Waals surface area contributed by atoms with E-state index < -0.39 is 0 Å². The van der Waals surface area contributed by atoms with Crippen molar-refractivity contribution in [3.05, 3.63) is 90.0 Å². The van der Waals surface area contributed by atoms with Gasteiger partial charge in [0.25, 0.3) is 0 Å². The number of amides is 2. The summed E-state index contributed by atoms with van der Waals surface area (Å²) in [5.74, 6) is 0.236. The number of Topliss-reactive ketones (excluding diaryl/α,β-unsaturated/α-hetero) is 1. The quantitative estimate of drug-likeness (QED) is 0.609. The molecule has 0 saturated carbocycles. The van der Waals surface area contributed by atoms with Crippen LogP contribution in [-0.2, 0) is 24.4 Å². The van der Waals surface area contributed by atoms with Crippen molar-refractivity contribution < 1.29 is 9.59 Å². The number of aryl methyl sites for hydroxylation is 1. The second-order valence-electron chi connectivity index (χ2n) is 8.54. The normalized spacial score (nSPS) is 17.4. The van der Waals surface area contributed by atoms with Gasteiger partial charge in [-0.1, -0.05) is 18.2 Å². The fourth-order valence-corrected chi connectivity index (χ4v) is 4.43. The predicted octanol–water partition coefficient (Wildman–Crippen LogP) is 3.84. The van der Waals surface area contributed by atoms with Gasteiger partial charge in [-0.2, -0.15) is 0 Å². The maximum atomic E-state index is 12.7. The summed E-state index contributed by atoms with van der Waals surface area (Å²) in [6.07, 6.45) is 10.9. The summed E-state index contributed by atoms with van der Waals surface area (Å²) in [7, 11) is 0. The van der Waals surface area contributed by atoms with Crippen LogP contribution in [0.1, 0.15) is 29.5 Å². The lowest BCUT2D eigenvalue weighted by Crippen LogP contribution is -2.39. The van der Waals surface area contributed by atoms with E-state index in [9.17, 15) is 9.59 Å². The van der Waals surface area contributed by atoms with Crippen LogP contribution in [0.2, 0.25) is 0 Å². The van der Waals surface area contributed by atoms with Gasteiger partial charge >= 0.3 is 6.03 Å². The largest absolute Gasteiger partial charge is 0.354 e. The molecular weight excluding hydrogens is 414 g/mol. The minimum atomic E-state index is -0.161. The summed E-state index contributed by atoms with van der Waals surface area (Å²) in [5.41, 5.74) is 5.24. The molecule has 0 aliphatic carbocycles. The fourth-order valence-electron chi connectivity index (χ4n) is 4.43. The van der Waals surface area contributed by atoms with Gasteiger partial charge in [-0.15, -0.1) is 0 Å². The molecule has 0 fully saturated rings. The molecule has 7 nitrogen and oxygen atoms in total. The zero-order chi connectivity index (χ0) is 22.6. The highest BCUT2D eigenvalue weighted by molar-refractivity contribution is 5.90. The molecule has 0 spiro atoms. The van der Waals surface area contributed by atoms with E-state index in [1.54, 1.807) is 11.1 Å². The molecule has 1 atom stereocenters. The van der Waals surface area contributed by atoms with Crippen molar-refractivity contribution in [3.8, 4) is 0 Å². The van der Waals surface area contributed by atoms with Crippen molar-refractivity contribution in [2.75, 3.05) is 11.9 Å². The van der Waals surface area contributed by atoms with Crippen molar-refractivity contribution in [1.82, 2.24) is 19.8 Å². The van der Waals surface area contributed by atoms with E-state index in [0.29, 0.717) is 39.0 Å². The standard InChI is InChI=1S/C26H27N5O2/c32-25(9-14-30-12-1-2-13-30)24-15-20(8-11-28-24)19-3-5-23(6-4-19)29-26(33)31-17-21-7-10-27-16-22(21)18-31/h1-8,10,12-13,16,24,28H,9,11,14-15,17-18H2,(H,29,33). The Balaban J connectivity index is 1.16. The van der Waals surface area contributed by atoms with Gasteiger partial charge in [0.05, 0.1) is 6.04 Å². The molecule has 168 valence electrons. The van der Waals surface area contributed by atoms with E-state index in [1.165, 1.54) is 0 Å². The highest BCUT2D eigenvalue weighted by Gasteiger charge is 2.24. The SMILES string of the molecule is O=C(CCn1cccc1)C1CC(c2ccc(NC(=O)N3Cc4ccncc4C3)cc2)=CCN1. The molecule has 0 saturated heterocycles. The summed E-state index contributed by atoms with van der Waals surface area (Å²) in [6, 6.07) is 13.5. The van der Waals surface area contributed by atoms with E-state index in [4.69, 9.17) is 0 Å². The van der Waals surface area contributed by atoms with Crippen molar-refractivity contribution in [3.63, 3.8) is 0 Å². The minimum absolute atomic E-state index is 0.117. The molecule has 5 rings (SSSR count). The molecule has 3 aromatic rings. The molecule has 2 aromatic heterocycles. The van der Waals surface area contributed by atoms with Crippen LogP contribution in [0.3, 0.4) is 0 Å². The number of carbonyl (C=O) groups excluding carboxylic acids is 2. The molecule has 1 aromatic carbocycles. The number of hydrogen-bond acceptors (Lipinski definition) is 4. The van der Waals surface area contributed by atoms with E-state index >= 15 is 0 Å². The van der Waals surface area contributed by atoms with Crippen molar-refractivity contribution >= 4 is 23.1 Å². The smallest absolute Gasteiger partial charge is 0.322 e. The Morgan fingerprint density at radius 1 is 1.06 bits per heavy atom. The number of hydrogen-bond donors (Lipinski definition) is 2. The zero-order valence-electron chi connectivity index (χ0n) is 18.4. The molecule has 0 radical (unpaired) electrons. The van der Waals surface area contributed by atoms with Gasteiger partial charge in [0.2, 0.25) is 0 Å². The van der Waals surface area contributed by atoms with Crippen LogP contribution >= 0.6 is 0 Å². The second-order valence-corrected chi connectivity index (χ2v) is 8.54. The number of fused-ring (bicyclic) bond motifs is 1. The van der Waals surface area contributed by atoms with Gasteiger partial charge in [-0.25, -0.2) is 4.79 Å². The summed E-state index contributed by atoms with van der Waals surface area (Å²) in [5, 5.41) is 6.31. The lowest BCUT2D eigenvalue weighted by molar-refractivity contribution is -0.121. The first kappa shape index (κ1) is 21.2. The maximum Gasteiger partial charge on any atom is 0.322 e. The molecule has 0 bridgehead atoms. The third-order valence-corrected chi connectivity index (χ3v) is 6.33. The number of anilines is 1. The second kappa shape index (κ2) is 9.42. The van der Waals surface area contributed by atoms with E-state index in [2.05, 4.69) is 21.7 Å². The van der Waals surface area contributed by atoms with Crippen LogP contribution in [0.15, 0.2) is 73.3 Å². The van der Waals surface area contributed by atoms with Crippen LogP contribution < -0.4 is 10.6 Å². The maximum absolute atomic E-state index is 12.7. The van der Waals surface area contributed by atoms with Crippen molar-refractivity contribution in [1.29, 1.82) is 0 Å². The Morgan fingerprint density at radius 3 is 2.64 bits per heavy atom. The molecule has 2 aliphatic heterocycles. The Hall–Kier alpha value is -3.71. The molecular formula is C26H27N5O2. The highest BCUT2D eigenvalue weighted by Crippen LogP contribution is 2.26. The molecule has 2 aliphatic rings. The number of nitrogens with zero attached hydrogens (tertiary/aromatic N) is 3. The third-order valence-electron chi connectivity index (χ3n) is 6.33. The lowest BCUT2D eigenvalue weighted by atomic mass is 9.92. The van der Waals surface area contributed by atoms with Gasteiger partial charge in [0, 0.05) is 63.1 Å². The molecule has 2 amide bonds. The topological polar surface area (TPSA) is 79.3 Å². The number of carbonyl (C=O) groups is 2. The van der Waals surface area contributed by atoms with Crippen LogP contribution in [0.5, 0.6) is 0 Å². The molecule has 7 heteroatoms. The van der Waals surface area contributed by atoms with Gasteiger partial charge in [0.1, 0.15) is 0 Å². The van der Waals surface area contributed by atoms with Gasteiger partial charge in [-0.05, 0) is 59.0 Å². The van der Waals surface area contributed by atoms with Crippen LogP contribution in [0.4, 0.5) is 10.5 Å². The fraction of sp³-hybridized carbons (Fsp3) is 0.269. The average Bonchev–Trinajstić information content (AvgIpc) is 3.53. The van der Waals surface area contributed by atoms with Crippen LogP contribution in [0, 0.1) is 0 Å². The van der Waals surface area contributed by atoms with Crippen molar-refractivity contribution in [2.24, 2.45) is 0 Å². The van der Waals surface area contributed by atoms with Gasteiger partial charge in [0.15, 0.2) is 5.78 Å². The zero-order valence-corrected chi connectivity index (χ0v) is 18.4. The van der Waals surface area contributed by atoms with E-state index in [0.717, 1.165) is 28.0 Å². The number of urea groups is 1. The minimum Gasteiger partial charge on any atom is -0.354 e. The summed E-state index contributed by atoms with van der Waals surface area (Å²) >= 11 is 0. The van der Waals surface area contributed by atoms with Gasteiger partial charge in [-0.3, -0.25) is 9.78 Å². The van der Waals surface area contributed by atoms with E-state index in [-0.39, 0.29) is 17.9 Å². The predicted molar refractivity (Wildman–Crippen MR) is 127 cm³/mol. The summed E-state index contributed by atoms with van der Waals surface area (Å²) < 4.78 is 2.03. The molecule has 4 heterocycles. The van der Waals surface area contributed by atoms with Crippen LogP contribution in [0.25, 0.3) is 5.57 Å². The first-order chi connectivity index (χ1) is 16.2. The monoisotopic (exact) mass is 441 g/mol. The first-order valence-electron chi connectivity index (χ1n) is 11.3. The Kier molecular flexibility index (Phi) is 6.04. The average molecular weight is 442 g/mol. The number of ketones is 1. The Morgan fingerprint density at radius 2 is 1.85 bits per heavy atom. The van der Waals surface area contributed by atoms with Crippen LogP contribution in [-0.4, -0.2) is 38.9 Å². The number of rotatable bonds is 6. The Bertz CT molecular complexity index is 1140. The molecule has 2 N–H and O–H groups in total. The Labute approximate surface area is 193 Å². The highest BCUT2D eigenvalue weighted by atomic mass is 16.2. The number of nitrogens with one attached hydrogen (secondary N) is 2. The first-order valence-corrected chi connectivity index (χ1v) is 11.3. The number of pyridine rings is 1. The van der Waals surface area contributed by atoms with E-state index in [1.807, 2.05) is 65.6 Å². The summed E-state index contributed by atoms with van der Waals surface area (Å²) in [4.78, 5) is 31.3. The third kappa shape index (κ3) is 4.88. The molecule has 1 unspecified atom stereocenters. The number of aromatic nitrogens is 2. The number of benzene rings is 1. The lowest BCUT2D eigenvalue weighted by Gasteiger charge is -2.24. The summed E-state index contributed by atoms with van der Waals surface area (Å²) in [6.45, 7) is 2.56. The van der Waals surface area contributed by atoms with Crippen molar-refractivity contribution in [2.45, 2.75) is 38.5 Å².